The number of rotatable bonds is 4. The highest BCUT2D eigenvalue weighted by atomic mass is 35.5. The molecule has 0 unspecified atom stereocenters. The number of carbonyl (C=O) groups excluding carboxylic acids is 3. The average molecular weight is 378 g/mol. The van der Waals surface area contributed by atoms with Crippen molar-refractivity contribution in [1.82, 2.24) is 0 Å². The fourth-order valence-corrected chi connectivity index (χ4v) is 4.15. The Kier molecular flexibility index (Phi) is 3.91. The molecule has 26 heavy (non-hydrogen) atoms. The van der Waals surface area contributed by atoms with Crippen LogP contribution in [0.3, 0.4) is 0 Å². The Labute approximate surface area is 154 Å². The number of nitrogens with zero attached hydrogens (tertiary/aromatic N) is 1. The van der Waals surface area contributed by atoms with Crippen molar-refractivity contribution in [2.75, 3.05) is 18.1 Å². The summed E-state index contributed by atoms with van der Waals surface area (Å²) in [7, 11) is 0. The van der Waals surface area contributed by atoms with Gasteiger partial charge < -0.3 is 14.6 Å². The number of esters is 1. The third-order valence-corrected chi connectivity index (χ3v) is 5.44. The number of fused-ring (bicyclic) bond motifs is 5. The van der Waals surface area contributed by atoms with Crippen molar-refractivity contribution in [3.05, 3.63) is 40.9 Å². The highest BCUT2D eigenvalue weighted by Gasteiger charge is 2.67. The van der Waals surface area contributed by atoms with Crippen molar-refractivity contribution in [3.8, 4) is 0 Å². The Hall–Kier alpha value is -2.22. The molecule has 4 rings (SSSR count). The summed E-state index contributed by atoms with van der Waals surface area (Å²) < 4.78 is 10.6. The predicted octanol–water partition coefficient (Wildman–Crippen LogP) is 1.32. The van der Waals surface area contributed by atoms with Gasteiger partial charge in [0, 0.05) is 0 Å². The van der Waals surface area contributed by atoms with E-state index in [1.165, 1.54) is 18.2 Å². The molecule has 2 saturated heterocycles. The van der Waals surface area contributed by atoms with Crippen molar-refractivity contribution < 1.29 is 29.0 Å². The van der Waals surface area contributed by atoms with E-state index in [-0.39, 0.29) is 29.5 Å². The van der Waals surface area contributed by atoms with Crippen molar-refractivity contribution in [2.45, 2.75) is 18.6 Å². The molecular weight excluding hydrogens is 362 g/mol. The fraction of sp³-hybridized carbons (Fsp3) is 0.389. The highest BCUT2D eigenvalue weighted by molar-refractivity contribution is 6.34. The second-order valence-electron chi connectivity index (χ2n) is 6.45. The molecule has 3 aliphatic heterocycles. The van der Waals surface area contributed by atoms with Crippen LogP contribution in [-0.2, 0) is 19.1 Å². The summed E-state index contributed by atoms with van der Waals surface area (Å²) in [6, 6.07) is 4.33. The van der Waals surface area contributed by atoms with Crippen LogP contribution < -0.4 is 4.90 Å². The zero-order chi connectivity index (χ0) is 18.6. The number of aliphatic hydroxyl groups is 1. The number of carbonyl (C=O) groups is 3. The van der Waals surface area contributed by atoms with E-state index in [1.54, 1.807) is 19.1 Å². The van der Waals surface area contributed by atoms with Gasteiger partial charge >= 0.3 is 5.97 Å². The molecule has 0 spiro atoms. The molecule has 1 aromatic carbocycles. The van der Waals surface area contributed by atoms with E-state index >= 15 is 0 Å². The summed E-state index contributed by atoms with van der Waals surface area (Å²) in [5.41, 5.74) is -0.833. The molecule has 0 aromatic heterocycles. The van der Waals surface area contributed by atoms with Crippen molar-refractivity contribution in [2.24, 2.45) is 11.8 Å². The van der Waals surface area contributed by atoms with E-state index in [9.17, 15) is 19.5 Å². The lowest BCUT2D eigenvalue weighted by atomic mass is 9.77. The van der Waals surface area contributed by atoms with Crippen LogP contribution >= 0.6 is 11.6 Å². The van der Waals surface area contributed by atoms with E-state index in [0.717, 1.165) is 4.90 Å². The van der Waals surface area contributed by atoms with Crippen molar-refractivity contribution in [1.29, 1.82) is 0 Å². The number of benzene rings is 1. The molecule has 136 valence electrons. The van der Waals surface area contributed by atoms with Crippen molar-refractivity contribution in [3.63, 3.8) is 0 Å². The summed E-state index contributed by atoms with van der Waals surface area (Å²) in [6.07, 6.45) is 2.82. The molecule has 3 heterocycles. The van der Waals surface area contributed by atoms with Gasteiger partial charge in [0.1, 0.15) is 5.60 Å². The smallest absolute Gasteiger partial charge is 0.339 e. The first-order chi connectivity index (χ1) is 12.4. The van der Waals surface area contributed by atoms with E-state index in [1.807, 2.05) is 0 Å². The zero-order valence-electron chi connectivity index (χ0n) is 13.8. The van der Waals surface area contributed by atoms with Crippen LogP contribution in [-0.4, -0.2) is 47.8 Å². The predicted molar refractivity (Wildman–Crippen MR) is 90.7 cm³/mol. The quantitative estimate of drug-likeness (QED) is 0.483. The molecule has 4 atom stereocenters. The standard InChI is InChI=1S/C18H16ClNO6/c1-2-25-17(24)10-7-9(3-4-11(10)19)20-15(22)13-12-5-6-18(8-21,26-12)14(13)16(20)23/h3-7,12-14,21H,2,8H2,1H3/t12-,13-,14-,18+/m0/s1. The number of amides is 2. The molecule has 2 amide bonds. The zero-order valence-corrected chi connectivity index (χ0v) is 14.6. The van der Waals surface area contributed by atoms with Gasteiger partial charge in [-0.15, -0.1) is 0 Å². The van der Waals surface area contributed by atoms with Crippen LogP contribution in [0.5, 0.6) is 0 Å². The maximum Gasteiger partial charge on any atom is 0.339 e. The Morgan fingerprint density at radius 1 is 1.38 bits per heavy atom. The van der Waals surface area contributed by atoms with E-state index in [2.05, 4.69) is 0 Å². The molecule has 7 nitrogen and oxygen atoms in total. The normalized spacial score (nSPS) is 31.7. The third-order valence-electron chi connectivity index (χ3n) is 5.11. The Morgan fingerprint density at radius 2 is 2.15 bits per heavy atom. The molecule has 2 fully saturated rings. The first-order valence-electron chi connectivity index (χ1n) is 8.26. The molecule has 0 aliphatic carbocycles. The van der Waals surface area contributed by atoms with Gasteiger partial charge in [0.2, 0.25) is 11.8 Å². The molecule has 0 saturated carbocycles. The SMILES string of the molecule is CCOC(=O)c1cc(N2C(=O)[C@H]3[C@@H]4C=C[C@](CO)(O4)[C@@H]3C2=O)ccc1Cl. The van der Waals surface area contributed by atoms with Crippen LogP contribution in [0, 0.1) is 11.8 Å². The Bertz CT molecular complexity index is 852. The molecule has 1 N–H and O–H groups in total. The number of aliphatic hydroxyl groups excluding tert-OH is 1. The van der Waals surface area contributed by atoms with E-state index in [0.29, 0.717) is 0 Å². The maximum atomic E-state index is 13.0. The summed E-state index contributed by atoms with van der Waals surface area (Å²) in [4.78, 5) is 39.0. The summed E-state index contributed by atoms with van der Waals surface area (Å²) >= 11 is 6.05. The molecule has 8 heteroatoms. The van der Waals surface area contributed by atoms with E-state index < -0.39 is 41.3 Å². The highest BCUT2D eigenvalue weighted by Crippen LogP contribution is 2.52. The Balaban J connectivity index is 1.72. The topological polar surface area (TPSA) is 93.1 Å². The van der Waals surface area contributed by atoms with Gasteiger partial charge in [0.05, 0.1) is 47.4 Å². The monoisotopic (exact) mass is 377 g/mol. The van der Waals surface area contributed by atoms with E-state index in [4.69, 9.17) is 21.1 Å². The van der Waals surface area contributed by atoms with Crippen LogP contribution in [0.15, 0.2) is 30.4 Å². The minimum Gasteiger partial charge on any atom is -0.462 e. The number of halogens is 1. The maximum absolute atomic E-state index is 13.0. The number of imide groups is 1. The minimum absolute atomic E-state index is 0.0814. The van der Waals surface area contributed by atoms with Gasteiger partial charge in [0.25, 0.3) is 0 Å². The summed E-state index contributed by atoms with van der Waals surface area (Å²) in [6.45, 7) is 1.46. The lowest BCUT2D eigenvalue weighted by Gasteiger charge is -2.26. The average Bonchev–Trinajstić information content (AvgIpc) is 3.27. The largest absolute Gasteiger partial charge is 0.462 e. The van der Waals surface area contributed by atoms with Gasteiger partial charge in [-0.1, -0.05) is 23.8 Å². The van der Waals surface area contributed by atoms with Crippen LogP contribution in [0.25, 0.3) is 0 Å². The first kappa shape index (κ1) is 17.2. The first-order valence-corrected chi connectivity index (χ1v) is 8.64. The fourth-order valence-electron chi connectivity index (χ4n) is 3.96. The third kappa shape index (κ3) is 2.17. The molecule has 2 bridgehead atoms. The van der Waals surface area contributed by atoms with Gasteiger partial charge in [-0.3, -0.25) is 9.59 Å². The lowest BCUT2D eigenvalue weighted by Crippen LogP contribution is -2.43. The number of hydrogen-bond acceptors (Lipinski definition) is 6. The lowest BCUT2D eigenvalue weighted by molar-refractivity contribution is -0.128. The van der Waals surface area contributed by atoms with Gasteiger partial charge in [-0.25, -0.2) is 9.69 Å². The van der Waals surface area contributed by atoms with Gasteiger partial charge in [-0.05, 0) is 25.1 Å². The second kappa shape index (κ2) is 5.90. The van der Waals surface area contributed by atoms with Gasteiger partial charge in [0.15, 0.2) is 0 Å². The summed E-state index contributed by atoms with van der Waals surface area (Å²) in [5, 5.41) is 9.90. The summed E-state index contributed by atoms with van der Waals surface area (Å²) in [5.74, 6) is -2.96. The number of anilines is 1. The van der Waals surface area contributed by atoms with Crippen LogP contribution in [0.2, 0.25) is 5.02 Å². The number of ether oxygens (including phenoxy) is 2. The van der Waals surface area contributed by atoms with Crippen LogP contribution in [0.1, 0.15) is 17.3 Å². The van der Waals surface area contributed by atoms with Crippen LogP contribution in [0.4, 0.5) is 5.69 Å². The molecule has 0 radical (unpaired) electrons. The minimum atomic E-state index is -1.16. The Morgan fingerprint density at radius 3 is 2.85 bits per heavy atom. The molecular formula is C18H16ClNO6. The van der Waals surface area contributed by atoms with Crippen molar-refractivity contribution >= 4 is 35.1 Å². The molecule has 3 aliphatic rings. The van der Waals surface area contributed by atoms with Gasteiger partial charge in [-0.2, -0.15) is 0 Å². The number of hydrogen-bond donors (Lipinski definition) is 1. The molecule has 1 aromatic rings. The second-order valence-corrected chi connectivity index (χ2v) is 6.86.